The molecule has 0 bridgehead atoms. The predicted octanol–water partition coefficient (Wildman–Crippen LogP) is 0.730. The molecule has 0 aliphatic heterocycles. The average Bonchev–Trinajstić information content (AvgIpc) is 2.35. The quantitative estimate of drug-likeness (QED) is 0.779. The SMILES string of the molecule is CCNCCc1c(Br)nnn1C. The Morgan fingerprint density at radius 2 is 2.33 bits per heavy atom. The van der Waals surface area contributed by atoms with Gasteiger partial charge in [-0.3, -0.25) is 4.68 Å². The zero-order valence-corrected chi connectivity index (χ0v) is 8.93. The summed E-state index contributed by atoms with van der Waals surface area (Å²) in [5, 5.41) is 11.0. The van der Waals surface area contributed by atoms with Crippen molar-refractivity contribution in [1.82, 2.24) is 20.3 Å². The number of halogens is 1. The third kappa shape index (κ3) is 2.28. The normalized spacial score (nSPS) is 10.6. The van der Waals surface area contributed by atoms with Crippen LogP contribution in [-0.2, 0) is 13.5 Å². The molecule has 5 heteroatoms. The average molecular weight is 233 g/mol. The van der Waals surface area contributed by atoms with E-state index in [1.54, 1.807) is 4.68 Å². The molecule has 0 amide bonds. The fourth-order valence-corrected chi connectivity index (χ4v) is 1.53. The van der Waals surface area contributed by atoms with Crippen LogP contribution in [0.15, 0.2) is 4.60 Å². The Labute approximate surface area is 80.5 Å². The van der Waals surface area contributed by atoms with Gasteiger partial charge in [-0.25, -0.2) is 0 Å². The van der Waals surface area contributed by atoms with Crippen LogP contribution in [0.25, 0.3) is 0 Å². The molecule has 0 spiro atoms. The number of hydrogen-bond donors (Lipinski definition) is 1. The van der Waals surface area contributed by atoms with E-state index < -0.39 is 0 Å². The van der Waals surface area contributed by atoms with Crippen molar-refractivity contribution in [3.8, 4) is 0 Å². The minimum absolute atomic E-state index is 0.850. The second-order valence-electron chi connectivity index (χ2n) is 2.55. The topological polar surface area (TPSA) is 42.7 Å². The molecular formula is C7H13BrN4. The summed E-state index contributed by atoms with van der Waals surface area (Å²) in [4.78, 5) is 0. The van der Waals surface area contributed by atoms with Crippen molar-refractivity contribution in [2.45, 2.75) is 13.3 Å². The second-order valence-corrected chi connectivity index (χ2v) is 3.31. The first-order valence-corrected chi connectivity index (χ1v) is 4.79. The molecule has 1 aromatic heterocycles. The summed E-state index contributed by atoms with van der Waals surface area (Å²) in [6.45, 7) is 4.07. The van der Waals surface area contributed by atoms with Gasteiger partial charge in [-0.05, 0) is 22.5 Å². The van der Waals surface area contributed by atoms with Gasteiger partial charge >= 0.3 is 0 Å². The summed E-state index contributed by atoms with van der Waals surface area (Å²) in [5.74, 6) is 0. The van der Waals surface area contributed by atoms with Crippen LogP contribution in [0.5, 0.6) is 0 Å². The van der Waals surface area contributed by atoms with Crippen LogP contribution >= 0.6 is 15.9 Å². The Morgan fingerprint density at radius 3 is 2.83 bits per heavy atom. The lowest BCUT2D eigenvalue weighted by Crippen LogP contribution is -2.17. The molecule has 12 heavy (non-hydrogen) atoms. The molecule has 1 N–H and O–H groups in total. The number of aromatic nitrogens is 3. The third-order valence-electron chi connectivity index (χ3n) is 1.68. The first-order chi connectivity index (χ1) is 5.75. The molecule has 4 nitrogen and oxygen atoms in total. The van der Waals surface area contributed by atoms with Crippen molar-refractivity contribution in [2.75, 3.05) is 13.1 Å². The number of aryl methyl sites for hydroxylation is 1. The van der Waals surface area contributed by atoms with Crippen LogP contribution in [0.4, 0.5) is 0 Å². The highest BCUT2D eigenvalue weighted by Crippen LogP contribution is 2.11. The largest absolute Gasteiger partial charge is 0.317 e. The van der Waals surface area contributed by atoms with E-state index in [1.165, 1.54) is 0 Å². The van der Waals surface area contributed by atoms with Crippen molar-refractivity contribution in [3.05, 3.63) is 10.3 Å². The number of nitrogens with zero attached hydrogens (tertiary/aromatic N) is 3. The fourth-order valence-electron chi connectivity index (χ4n) is 1.00. The van der Waals surface area contributed by atoms with E-state index in [4.69, 9.17) is 0 Å². The Hall–Kier alpha value is -0.420. The highest BCUT2D eigenvalue weighted by atomic mass is 79.9. The molecule has 0 radical (unpaired) electrons. The van der Waals surface area contributed by atoms with Crippen LogP contribution < -0.4 is 5.32 Å². The monoisotopic (exact) mass is 232 g/mol. The highest BCUT2D eigenvalue weighted by molar-refractivity contribution is 9.10. The molecule has 0 atom stereocenters. The molecule has 68 valence electrons. The van der Waals surface area contributed by atoms with Gasteiger partial charge in [0.2, 0.25) is 0 Å². The lowest BCUT2D eigenvalue weighted by atomic mass is 10.3. The maximum absolute atomic E-state index is 3.90. The zero-order chi connectivity index (χ0) is 8.97. The number of rotatable bonds is 4. The molecule has 1 rings (SSSR count). The standard InChI is InChI=1S/C7H13BrN4/c1-3-9-5-4-6-7(8)10-11-12(6)2/h9H,3-5H2,1-2H3. The van der Waals surface area contributed by atoms with Crippen molar-refractivity contribution in [3.63, 3.8) is 0 Å². The molecule has 1 aromatic rings. The van der Waals surface area contributed by atoms with E-state index in [-0.39, 0.29) is 0 Å². The maximum atomic E-state index is 3.90. The van der Waals surface area contributed by atoms with Crippen molar-refractivity contribution < 1.29 is 0 Å². The molecule has 0 aliphatic rings. The molecular weight excluding hydrogens is 220 g/mol. The van der Waals surface area contributed by atoms with Crippen LogP contribution in [0.3, 0.4) is 0 Å². The Kier molecular flexibility index (Phi) is 3.68. The molecule has 1 heterocycles. The van der Waals surface area contributed by atoms with E-state index in [1.807, 2.05) is 7.05 Å². The lowest BCUT2D eigenvalue weighted by Gasteiger charge is -2.01. The molecule has 0 aromatic carbocycles. The summed E-state index contributed by atoms with van der Waals surface area (Å²) in [5.41, 5.74) is 1.14. The van der Waals surface area contributed by atoms with Crippen molar-refractivity contribution in [2.24, 2.45) is 7.05 Å². The summed E-state index contributed by atoms with van der Waals surface area (Å²) < 4.78 is 2.64. The number of hydrogen-bond acceptors (Lipinski definition) is 3. The fraction of sp³-hybridized carbons (Fsp3) is 0.714. The van der Waals surface area contributed by atoms with E-state index in [0.717, 1.165) is 29.8 Å². The van der Waals surface area contributed by atoms with Gasteiger partial charge in [0.05, 0.1) is 5.69 Å². The highest BCUT2D eigenvalue weighted by Gasteiger charge is 2.05. The second kappa shape index (κ2) is 4.57. The minimum atomic E-state index is 0.850. The minimum Gasteiger partial charge on any atom is -0.317 e. The van der Waals surface area contributed by atoms with Gasteiger partial charge < -0.3 is 5.32 Å². The summed E-state index contributed by atoms with van der Waals surface area (Å²) in [6, 6.07) is 0. The first kappa shape index (κ1) is 9.67. The molecule has 0 saturated heterocycles. The van der Waals surface area contributed by atoms with Crippen molar-refractivity contribution in [1.29, 1.82) is 0 Å². The van der Waals surface area contributed by atoms with E-state index in [9.17, 15) is 0 Å². The van der Waals surface area contributed by atoms with E-state index >= 15 is 0 Å². The summed E-state index contributed by atoms with van der Waals surface area (Å²) in [6.07, 6.45) is 0.956. The molecule has 0 fully saturated rings. The van der Waals surface area contributed by atoms with Crippen LogP contribution in [-0.4, -0.2) is 28.1 Å². The Balaban J connectivity index is 2.50. The van der Waals surface area contributed by atoms with E-state index in [0.29, 0.717) is 0 Å². The van der Waals surface area contributed by atoms with Gasteiger partial charge in [0, 0.05) is 20.0 Å². The van der Waals surface area contributed by atoms with Crippen LogP contribution in [0, 0.1) is 0 Å². The number of likely N-dealkylation sites (N-methyl/N-ethyl adjacent to an activating group) is 1. The van der Waals surface area contributed by atoms with Crippen LogP contribution in [0.2, 0.25) is 0 Å². The van der Waals surface area contributed by atoms with Gasteiger partial charge in [0.15, 0.2) is 4.60 Å². The van der Waals surface area contributed by atoms with Gasteiger partial charge in [-0.2, -0.15) is 0 Å². The van der Waals surface area contributed by atoms with Gasteiger partial charge in [0.1, 0.15) is 0 Å². The Morgan fingerprint density at radius 1 is 1.58 bits per heavy atom. The first-order valence-electron chi connectivity index (χ1n) is 4.00. The zero-order valence-electron chi connectivity index (χ0n) is 7.34. The Bertz CT molecular complexity index is 226. The third-order valence-corrected chi connectivity index (χ3v) is 2.30. The lowest BCUT2D eigenvalue weighted by molar-refractivity contribution is 0.644. The van der Waals surface area contributed by atoms with Crippen molar-refractivity contribution >= 4 is 15.9 Å². The number of nitrogens with one attached hydrogen (secondary N) is 1. The van der Waals surface area contributed by atoms with Gasteiger partial charge in [-0.1, -0.05) is 12.1 Å². The summed E-state index contributed by atoms with van der Waals surface area (Å²) >= 11 is 3.35. The molecule has 0 unspecified atom stereocenters. The van der Waals surface area contributed by atoms with Gasteiger partial charge in [0.25, 0.3) is 0 Å². The van der Waals surface area contributed by atoms with E-state index in [2.05, 4.69) is 38.5 Å². The predicted molar refractivity (Wildman–Crippen MR) is 51.0 cm³/mol. The smallest absolute Gasteiger partial charge is 0.151 e. The van der Waals surface area contributed by atoms with Gasteiger partial charge in [-0.15, -0.1) is 5.10 Å². The van der Waals surface area contributed by atoms with Crippen LogP contribution in [0.1, 0.15) is 12.6 Å². The maximum Gasteiger partial charge on any atom is 0.151 e. The molecule has 0 saturated carbocycles. The molecule has 0 aliphatic carbocycles. The summed E-state index contributed by atoms with van der Waals surface area (Å²) in [7, 11) is 1.90.